The third-order valence-electron chi connectivity index (χ3n) is 3.88. The highest BCUT2D eigenvalue weighted by Crippen LogP contribution is 2.40. The minimum absolute atomic E-state index is 0.391. The van der Waals surface area contributed by atoms with Crippen molar-refractivity contribution in [2.24, 2.45) is 16.8 Å². The Balaban J connectivity index is 2.16. The van der Waals surface area contributed by atoms with E-state index in [1.807, 2.05) is 6.07 Å². The molecule has 90 valence electrons. The molecular weight excluding hydrogens is 210 g/mol. The van der Waals surface area contributed by atoms with Gasteiger partial charge < -0.3 is 0 Å². The van der Waals surface area contributed by atoms with Crippen LogP contribution in [0.5, 0.6) is 0 Å². The summed E-state index contributed by atoms with van der Waals surface area (Å²) in [4.78, 5) is 14.1. The summed E-state index contributed by atoms with van der Waals surface area (Å²) in [5.41, 5.74) is 1.31. The Hall–Kier alpha value is -1.40. The highest BCUT2D eigenvalue weighted by molar-refractivity contribution is 5.33. The summed E-state index contributed by atoms with van der Waals surface area (Å²) in [6, 6.07) is 10.4. The van der Waals surface area contributed by atoms with Gasteiger partial charge in [-0.2, -0.15) is 0 Å². The predicted octanol–water partition coefficient (Wildman–Crippen LogP) is 3.54. The van der Waals surface area contributed by atoms with Crippen LogP contribution < -0.4 is 0 Å². The molecule has 1 saturated carbocycles. The molecule has 1 aromatic carbocycles. The second-order valence-electron chi connectivity index (χ2n) is 5.13. The van der Waals surface area contributed by atoms with Crippen LogP contribution in [0.25, 0.3) is 0 Å². The Morgan fingerprint density at radius 1 is 1.35 bits per heavy atom. The van der Waals surface area contributed by atoms with E-state index >= 15 is 0 Å². The fourth-order valence-corrected chi connectivity index (χ4v) is 2.98. The van der Waals surface area contributed by atoms with Gasteiger partial charge in [0, 0.05) is 5.92 Å². The van der Waals surface area contributed by atoms with Crippen molar-refractivity contribution in [3.05, 3.63) is 35.9 Å². The molecule has 0 bridgehead atoms. The first-order valence-corrected chi connectivity index (χ1v) is 6.40. The quantitative estimate of drug-likeness (QED) is 0.573. The lowest BCUT2D eigenvalue weighted by atomic mass is 9.84. The van der Waals surface area contributed by atoms with Crippen molar-refractivity contribution in [3.63, 3.8) is 0 Å². The number of isocyanates is 1. The number of rotatable bonds is 4. The SMILES string of the molecule is CC1CCC(C(CN=C=O)c2ccccc2)C1. The van der Waals surface area contributed by atoms with Gasteiger partial charge in [-0.25, -0.2) is 9.79 Å². The lowest BCUT2D eigenvalue weighted by Crippen LogP contribution is -2.13. The average Bonchev–Trinajstić information content (AvgIpc) is 2.78. The van der Waals surface area contributed by atoms with E-state index in [1.165, 1.54) is 24.8 Å². The molecule has 0 aromatic heterocycles. The van der Waals surface area contributed by atoms with Crippen molar-refractivity contribution in [1.29, 1.82) is 0 Å². The van der Waals surface area contributed by atoms with Crippen LogP contribution in [0.15, 0.2) is 35.3 Å². The van der Waals surface area contributed by atoms with Crippen molar-refractivity contribution >= 4 is 6.08 Å². The minimum Gasteiger partial charge on any atom is -0.211 e. The van der Waals surface area contributed by atoms with Gasteiger partial charge in [-0.05, 0) is 30.2 Å². The third-order valence-corrected chi connectivity index (χ3v) is 3.88. The molecule has 2 rings (SSSR count). The monoisotopic (exact) mass is 229 g/mol. The summed E-state index contributed by atoms with van der Waals surface area (Å²) in [5, 5.41) is 0. The van der Waals surface area contributed by atoms with Gasteiger partial charge in [-0.1, -0.05) is 43.7 Å². The third kappa shape index (κ3) is 3.04. The Bertz CT molecular complexity index is 395. The molecule has 2 nitrogen and oxygen atoms in total. The van der Waals surface area contributed by atoms with Crippen LogP contribution in [-0.2, 0) is 4.79 Å². The maximum absolute atomic E-state index is 10.3. The zero-order valence-corrected chi connectivity index (χ0v) is 10.3. The Labute approximate surface area is 103 Å². The van der Waals surface area contributed by atoms with Crippen LogP contribution in [0, 0.1) is 11.8 Å². The van der Waals surface area contributed by atoms with Gasteiger partial charge in [-0.15, -0.1) is 0 Å². The molecule has 0 spiro atoms. The van der Waals surface area contributed by atoms with E-state index in [9.17, 15) is 4.79 Å². The second-order valence-corrected chi connectivity index (χ2v) is 5.13. The molecule has 0 radical (unpaired) electrons. The minimum atomic E-state index is 0.391. The molecule has 3 unspecified atom stereocenters. The number of carbonyl (C=O) groups excluding carboxylic acids is 1. The van der Waals surface area contributed by atoms with Crippen LogP contribution >= 0.6 is 0 Å². The molecular formula is C15H19NO. The summed E-state index contributed by atoms with van der Waals surface area (Å²) in [7, 11) is 0. The number of hydrogen-bond donors (Lipinski definition) is 0. The summed E-state index contributed by atoms with van der Waals surface area (Å²) in [6.07, 6.45) is 5.50. The predicted molar refractivity (Wildman–Crippen MR) is 68.7 cm³/mol. The first-order chi connectivity index (χ1) is 8.31. The van der Waals surface area contributed by atoms with Gasteiger partial charge in [0.15, 0.2) is 0 Å². The average molecular weight is 229 g/mol. The highest BCUT2D eigenvalue weighted by Gasteiger charge is 2.29. The van der Waals surface area contributed by atoms with E-state index in [-0.39, 0.29) is 0 Å². The zero-order valence-electron chi connectivity index (χ0n) is 10.3. The Kier molecular flexibility index (Phi) is 4.11. The normalized spacial score (nSPS) is 25.2. The maximum Gasteiger partial charge on any atom is 0.234 e. The summed E-state index contributed by atoms with van der Waals surface area (Å²) < 4.78 is 0. The van der Waals surface area contributed by atoms with Gasteiger partial charge in [-0.3, -0.25) is 0 Å². The van der Waals surface area contributed by atoms with Crippen LogP contribution in [-0.4, -0.2) is 12.6 Å². The molecule has 17 heavy (non-hydrogen) atoms. The second kappa shape index (κ2) is 5.79. The van der Waals surface area contributed by atoms with Crippen molar-refractivity contribution in [1.82, 2.24) is 0 Å². The molecule has 3 atom stereocenters. The van der Waals surface area contributed by atoms with Gasteiger partial charge in [0.05, 0.1) is 6.54 Å². The van der Waals surface area contributed by atoms with E-state index in [0.29, 0.717) is 18.4 Å². The smallest absolute Gasteiger partial charge is 0.211 e. The van der Waals surface area contributed by atoms with Crippen molar-refractivity contribution in [3.8, 4) is 0 Å². The van der Waals surface area contributed by atoms with Crippen molar-refractivity contribution < 1.29 is 4.79 Å². The molecule has 2 heteroatoms. The number of benzene rings is 1. The zero-order chi connectivity index (χ0) is 12.1. The largest absolute Gasteiger partial charge is 0.234 e. The van der Waals surface area contributed by atoms with Gasteiger partial charge >= 0.3 is 0 Å². The van der Waals surface area contributed by atoms with Crippen LogP contribution in [0.1, 0.15) is 37.7 Å². The number of aliphatic imine (C=N–C) groups is 1. The van der Waals surface area contributed by atoms with Crippen LogP contribution in [0.2, 0.25) is 0 Å². The molecule has 0 saturated heterocycles. The molecule has 1 aliphatic carbocycles. The molecule has 0 aliphatic heterocycles. The molecule has 1 aliphatic rings. The fourth-order valence-electron chi connectivity index (χ4n) is 2.98. The fraction of sp³-hybridized carbons (Fsp3) is 0.533. The summed E-state index contributed by atoms with van der Waals surface area (Å²) in [6.45, 7) is 2.90. The molecule has 1 aromatic rings. The lowest BCUT2D eigenvalue weighted by molar-refractivity contribution is 0.425. The van der Waals surface area contributed by atoms with Gasteiger partial charge in [0.25, 0.3) is 0 Å². The van der Waals surface area contributed by atoms with Gasteiger partial charge in [0.2, 0.25) is 6.08 Å². The van der Waals surface area contributed by atoms with Gasteiger partial charge in [0.1, 0.15) is 0 Å². The van der Waals surface area contributed by atoms with Crippen LogP contribution in [0.4, 0.5) is 0 Å². The van der Waals surface area contributed by atoms with Crippen LogP contribution in [0.3, 0.4) is 0 Å². The van der Waals surface area contributed by atoms with Crippen molar-refractivity contribution in [2.75, 3.05) is 6.54 Å². The van der Waals surface area contributed by atoms with E-state index in [0.717, 1.165) is 5.92 Å². The lowest BCUT2D eigenvalue weighted by Gasteiger charge is -2.21. The topological polar surface area (TPSA) is 29.4 Å². The molecule has 1 fully saturated rings. The van der Waals surface area contributed by atoms with Crippen molar-refractivity contribution in [2.45, 2.75) is 32.1 Å². The molecule has 0 amide bonds. The Morgan fingerprint density at radius 2 is 2.12 bits per heavy atom. The molecule has 0 heterocycles. The first-order valence-electron chi connectivity index (χ1n) is 6.40. The summed E-state index contributed by atoms with van der Waals surface area (Å²) in [5.74, 6) is 1.87. The van der Waals surface area contributed by atoms with E-state index < -0.39 is 0 Å². The summed E-state index contributed by atoms with van der Waals surface area (Å²) >= 11 is 0. The standard InChI is InChI=1S/C15H19NO/c1-12-7-8-14(9-12)15(10-16-11-17)13-5-3-2-4-6-13/h2-6,12,14-15H,7-10H2,1H3. The highest BCUT2D eigenvalue weighted by atomic mass is 16.1. The number of nitrogens with zero attached hydrogens (tertiary/aromatic N) is 1. The van der Waals surface area contributed by atoms with E-state index in [2.05, 4.69) is 36.2 Å². The molecule has 0 N–H and O–H groups in total. The Morgan fingerprint density at radius 3 is 2.71 bits per heavy atom. The van der Waals surface area contributed by atoms with E-state index in [1.54, 1.807) is 6.08 Å². The van der Waals surface area contributed by atoms with E-state index in [4.69, 9.17) is 0 Å². The first kappa shape index (κ1) is 12.1. The number of hydrogen-bond acceptors (Lipinski definition) is 2. The maximum atomic E-state index is 10.3.